The normalized spacial score (nSPS) is 10.7. The van der Waals surface area contributed by atoms with E-state index in [4.69, 9.17) is 4.74 Å². The number of carbonyl (C=O) groups is 1. The highest BCUT2D eigenvalue weighted by atomic mass is 16.5. The first-order chi connectivity index (χ1) is 11.0. The van der Waals surface area contributed by atoms with Crippen molar-refractivity contribution in [1.82, 2.24) is 14.5 Å². The molecule has 0 saturated heterocycles. The molecule has 3 aromatic rings. The number of anilines is 1. The summed E-state index contributed by atoms with van der Waals surface area (Å²) in [5.41, 5.74) is 2.87. The van der Waals surface area contributed by atoms with E-state index in [2.05, 4.69) is 15.3 Å². The SMILES string of the molecule is Cc1cc(=O)c(OCC(=O)Nc2ccc3c(c2)ncn3C)c[nH]1. The number of aromatic amines is 1. The maximum Gasteiger partial charge on any atom is 0.262 e. The summed E-state index contributed by atoms with van der Waals surface area (Å²) < 4.78 is 7.14. The molecule has 3 rings (SSSR count). The highest BCUT2D eigenvalue weighted by Crippen LogP contribution is 2.17. The van der Waals surface area contributed by atoms with Gasteiger partial charge < -0.3 is 19.6 Å². The number of hydrogen-bond acceptors (Lipinski definition) is 4. The van der Waals surface area contributed by atoms with Gasteiger partial charge in [-0.05, 0) is 25.1 Å². The number of hydrogen-bond donors (Lipinski definition) is 2. The second kappa shape index (κ2) is 5.96. The number of benzene rings is 1. The number of H-pyrrole nitrogens is 1. The second-order valence-corrected chi connectivity index (χ2v) is 5.24. The molecule has 7 heteroatoms. The lowest BCUT2D eigenvalue weighted by atomic mass is 10.2. The molecule has 0 unspecified atom stereocenters. The number of aromatic nitrogens is 3. The summed E-state index contributed by atoms with van der Waals surface area (Å²) in [6.07, 6.45) is 3.16. The zero-order chi connectivity index (χ0) is 16.4. The molecule has 0 aliphatic rings. The molecule has 0 aliphatic carbocycles. The van der Waals surface area contributed by atoms with E-state index in [-0.39, 0.29) is 23.7 Å². The molecule has 118 valence electrons. The maximum atomic E-state index is 11.9. The van der Waals surface area contributed by atoms with Crippen LogP contribution in [0.2, 0.25) is 0 Å². The number of fused-ring (bicyclic) bond motifs is 1. The summed E-state index contributed by atoms with van der Waals surface area (Å²) in [7, 11) is 1.90. The van der Waals surface area contributed by atoms with Gasteiger partial charge in [-0.25, -0.2) is 4.98 Å². The molecular weight excluding hydrogens is 296 g/mol. The summed E-state index contributed by atoms with van der Waals surface area (Å²) in [5.74, 6) is -0.230. The molecule has 0 aliphatic heterocycles. The number of nitrogens with zero attached hydrogens (tertiary/aromatic N) is 2. The van der Waals surface area contributed by atoms with Crippen molar-refractivity contribution in [3.8, 4) is 5.75 Å². The van der Waals surface area contributed by atoms with E-state index in [0.717, 1.165) is 16.7 Å². The molecule has 0 fully saturated rings. The summed E-state index contributed by atoms with van der Waals surface area (Å²) in [4.78, 5) is 30.7. The first-order valence-corrected chi connectivity index (χ1v) is 7.06. The Balaban J connectivity index is 1.65. The average Bonchev–Trinajstić information content (AvgIpc) is 2.87. The maximum absolute atomic E-state index is 11.9. The lowest BCUT2D eigenvalue weighted by Crippen LogP contribution is -2.22. The van der Waals surface area contributed by atoms with E-state index in [1.807, 2.05) is 17.7 Å². The number of aryl methyl sites for hydroxylation is 2. The molecule has 2 aromatic heterocycles. The minimum absolute atomic E-state index is 0.117. The van der Waals surface area contributed by atoms with Crippen LogP contribution in [0.4, 0.5) is 5.69 Å². The van der Waals surface area contributed by atoms with E-state index in [9.17, 15) is 9.59 Å². The van der Waals surface area contributed by atoms with Gasteiger partial charge in [0.25, 0.3) is 5.91 Å². The number of nitrogens with one attached hydrogen (secondary N) is 2. The smallest absolute Gasteiger partial charge is 0.262 e. The van der Waals surface area contributed by atoms with Crippen LogP contribution in [0.5, 0.6) is 5.75 Å². The Morgan fingerprint density at radius 3 is 3.00 bits per heavy atom. The Kier molecular flexibility index (Phi) is 3.84. The van der Waals surface area contributed by atoms with Crippen molar-refractivity contribution in [2.45, 2.75) is 6.92 Å². The summed E-state index contributed by atoms with van der Waals surface area (Å²) in [5, 5.41) is 2.72. The number of rotatable bonds is 4. The zero-order valence-electron chi connectivity index (χ0n) is 12.8. The Hall–Kier alpha value is -3.09. The first-order valence-electron chi connectivity index (χ1n) is 7.06. The zero-order valence-corrected chi connectivity index (χ0v) is 12.8. The Morgan fingerprint density at radius 2 is 2.22 bits per heavy atom. The number of pyridine rings is 1. The predicted molar refractivity (Wildman–Crippen MR) is 86.6 cm³/mol. The van der Waals surface area contributed by atoms with Crippen molar-refractivity contribution >= 4 is 22.6 Å². The third-order valence-electron chi connectivity index (χ3n) is 3.39. The molecule has 0 atom stereocenters. The topological polar surface area (TPSA) is 89.0 Å². The fourth-order valence-corrected chi connectivity index (χ4v) is 2.23. The van der Waals surface area contributed by atoms with Crippen molar-refractivity contribution < 1.29 is 9.53 Å². The molecule has 0 bridgehead atoms. The van der Waals surface area contributed by atoms with E-state index in [1.54, 1.807) is 25.4 Å². The first kappa shape index (κ1) is 14.8. The van der Waals surface area contributed by atoms with Crippen LogP contribution in [0.25, 0.3) is 11.0 Å². The summed E-state index contributed by atoms with van der Waals surface area (Å²) in [6.45, 7) is 1.53. The standard InChI is InChI=1S/C16H16N4O3/c1-10-5-14(21)15(7-17-10)23-8-16(22)19-11-3-4-13-12(6-11)18-9-20(13)2/h3-7,9H,8H2,1-2H3,(H,17,21)(H,19,22). The molecule has 1 aromatic carbocycles. The summed E-state index contributed by atoms with van der Waals surface area (Å²) in [6, 6.07) is 6.87. The molecule has 0 radical (unpaired) electrons. The van der Waals surface area contributed by atoms with Gasteiger partial charge in [0.15, 0.2) is 12.4 Å². The predicted octanol–water partition coefficient (Wildman–Crippen LogP) is 1.59. The molecule has 1 amide bonds. The average molecular weight is 312 g/mol. The number of amides is 1. The lowest BCUT2D eigenvalue weighted by molar-refractivity contribution is -0.118. The van der Waals surface area contributed by atoms with Crippen molar-refractivity contribution in [2.24, 2.45) is 7.05 Å². The highest BCUT2D eigenvalue weighted by molar-refractivity contribution is 5.94. The molecule has 7 nitrogen and oxygen atoms in total. The molecular formula is C16H16N4O3. The van der Waals surface area contributed by atoms with E-state index >= 15 is 0 Å². The van der Waals surface area contributed by atoms with Crippen LogP contribution in [-0.2, 0) is 11.8 Å². The number of imidazole rings is 1. The lowest BCUT2D eigenvalue weighted by Gasteiger charge is -2.07. The van der Waals surface area contributed by atoms with Crippen LogP contribution in [0.1, 0.15) is 5.69 Å². The Labute approximate surface area is 131 Å². The van der Waals surface area contributed by atoms with Crippen LogP contribution >= 0.6 is 0 Å². The number of carbonyl (C=O) groups excluding carboxylic acids is 1. The Morgan fingerprint density at radius 1 is 1.39 bits per heavy atom. The van der Waals surface area contributed by atoms with Crippen molar-refractivity contribution in [1.29, 1.82) is 0 Å². The third-order valence-corrected chi connectivity index (χ3v) is 3.39. The Bertz CT molecular complexity index is 926. The fraction of sp³-hybridized carbons (Fsp3) is 0.188. The van der Waals surface area contributed by atoms with Gasteiger partial charge in [0.1, 0.15) is 0 Å². The van der Waals surface area contributed by atoms with Crippen molar-refractivity contribution in [3.05, 3.63) is 52.7 Å². The van der Waals surface area contributed by atoms with Crippen LogP contribution in [0, 0.1) is 6.92 Å². The van der Waals surface area contributed by atoms with Crippen LogP contribution in [-0.4, -0.2) is 27.0 Å². The molecule has 0 saturated carbocycles. The monoisotopic (exact) mass is 312 g/mol. The molecule has 2 N–H and O–H groups in total. The van der Waals surface area contributed by atoms with E-state index in [1.165, 1.54) is 12.3 Å². The van der Waals surface area contributed by atoms with Gasteiger partial charge in [-0.15, -0.1) is 0 Å². The molecule has 23 heavy (non-hydrogen) atoms. The number of ether oxygens (including phenoxy) is 1. The summed E-state index contributed by atoms with van der Waals surface area (Å²) >= 11 is 0. The third kappa shape index (κ3) is 3.23. The van der Waals surface area contributed by atoms with Crippen LogP contribution in [0.15, 0.2) is 41.6 Å². The van der Waals surface area contributed by atoms with E-state index in [0.29, 0.717) is 5.69 Å². The van der Waals surface area contributed by atoms with Gasteiger partial charge in [-0.2, -0.15) is 0 Å². The van der Waals surface area contributed by atoms with Gasteiger partial charge in [0, 0.05) is 30.7 Å². The van der Waals surface area contributed by atoms with Crippen LogP contribution < -0.4 is 15.5 Å². The molecule has 0 spiro atoms. The minimum atomic E-state index is -0.347. The van der Waals surface area contributed by atoms with Crippen LogP contribution in [0.3, 0.4) is 0 Å². The quantitative estimate of drug-likeness (QED) is 0.765. The van der Waals surface area contributed by atoms with Crippen molar-refractivity contribution in [2.75, 3.05) is 11.9 Å². The second-order valence-electron chi connectivity index (χ2n) is 5.24. The van der Waals surface area contributed by atoms with E-state index < -0.39 is 0 Å². The molecule has 2 heterocycles. The van der Waals surface area contributed by atoms with Gasteiger partial charge in [-0.1, -0.05) is 0 Å². The minimum Gasteiger partial charge on any atom is -0.478 e. The fourth-order valence-electron chi connectivity index (χ4n) is 2.23. The largest absolute Gasteiger partial charge is 0.478 e. The van der Waals surface area contributed by atoms with Crippen molar-refractivity contribution in [3.63, 3.8) is 0 Å². The van der Waals surface area contributed by atoms with Gasteiger partial charge in [0.2, 0.25) is 5.43 Å². The van der Waals surface area contributed by atoms with Gasteiger partial charge in [-0.3, -0.25) is 9.59 Å². The highest BCUT2D eigenvalue weighted by Gasteiger charge is 2.08. The van der Waals surface area contributed by atoms with Gasteiger partial charge in [0.05, 0.1) is 17.4 Å². The van der Waals surface area contributed by atoms with Gasteiger partial charge >= 0.3 is 0 Å².